The molecule has 0 aliphatic rings. The minimum atomic E-state index is -0.546. The lowest BCUT2D eigenvalue weighted by Gasteiger charge is -2.12. The van der Waals surface area contributed by atoms with Crippen LogP contribution < -0.4 is 0 Å². The van der Waals surface area contributed by atoms with Gasteiger partial charge in [0, 0.05) is 43.3 Å². The highest BCUT2D eigenvalue weighted by Crippen LogP contribution is 2.18. The van der Waals surface area contributed by atoms with Crippen LogP contribution in [0.5, 0.6) is 0 Å². The summed E-state index contributed by atoms with van der Waals surface area (Å²) in [6, 6.07) is 3.74. The van der Waals surface area contributed by atoms with Gasteiger partial charge in [0.05, 0.1) is 6.10 Å². The Morgan fingerprint density at radius 1 is 1.38 bits per heavy atom. The summed E-state index contributed by atoms with van der Waals surface area (Å²) in [5.74, 6) is 0.871. The first-order chi connectivity index (χ1) is 7.68. The summed E-state index contributed by atoms with van der Waals surface area (Å²) in [5.41, 5.74) is 1.73. The fraction of sp³-hybridized carbons (Fsp3) is 0.333. The van der Waals surface area contributed by atoms with Gasteiger partial charge in [-0.3, -0.25) is 4.98 Å². The van der Waals surface area contributed by atoms with Crippen molar-refractivity contribution in [2.75, 3.05) is 0 Å². The molecule has 0 amide bonds. The molecule has 1 N–H and O–H groups in total. The summed E-state index contributed by atoms with van der Waals surface area (Å²) in [5, 5.41) is 10.1. The Balaban J connectivity index is 2.18. The molecule has 0 fully saturated rings. The molecule has 0 bridgehead atoms. The fourth-order valence-corrected chi connectivity index (χ4v) is 1.72. The van der Waals surface area contributed by atoms with E-state index in [0.29, 0.717) is 6.42 Å². The summed E-state index contributed by atoms with van der Waals surface area (Å²) in [6.07, 6.45) is 5.30. The number of hydrogen-bond acceptors (Lipinski definition) is 3. The van der Waals surface area contributed by atoms with Crippen molar-refractivity contribution < 1.29 is 5.11 Å². The number of rotatable bonds is 3. The van der Waals surface area contributed by atoms with E-state index in [1.54, 1.807) is 12.4 Å². The molecule has 0 radical (unpaired) electrons. The first-order valence-electron chi connectivity index (χ1n) is 5.24. The zero-order chi connectivity index (χ0) is 11.5. The molecule has 2 aromatic heterocycles. The van der Waals surface area contributed by atoms with Crippen LogP contribution >= 0.6 is 0 Å². The highest BCUT2D eigenvalue weighted by Gasteiger charge is 2.13. The lowest BCUT2D eigenvalue weighted by molar-refractivity contribution is 0.173. The van der Waals surface area contributed by atoms with Gasteiger partial charge in [-0.05, 0) is 13.0 Å². The van der Waals surface area contributed by atoms with Crippen LogP contribution in [0.25, 0.3) is 0 Å². The topological polar surface area (TPSA) is 50.9 Å². The van der Waals surface area contributed by atoms with E-state index in [4.69, 9.17) is 0 Å². The van der Waals surface area contributed by atoms with Crippen LogP contribution in [0.4, 0.5) is 0 Å². The monoisotopic (exact) mass is 217 g/mol. The van der Waals surface area contributed by atoms with Gasteiger partial charge >= 0.3 is 0 Å². The molecule has 0 aromatic carbocycles. The third-order valence-corrected chi connectivity index (χ3v) is 2.70. The maximum absolute atomic E-state index is 10.1. The molecular weight excluding hydrogens is 202 g/mol. The van der Waals surface area contributed by atoms with Gasteiger partial charge in [-0.15, -0.1) is 0 Å². The van der Waals surface area contributed by atoms with Crippen molar-refractivity contribution in [1.29, 1.82) is 0 Å². The lowest BCUT2D eigenvalue weighted by Crippen LogP contribution is -2.08. The normalized spacial score (nSPS) is 12.7. The van der Waals surface area contributed by atoms with E-state index in [1.807, 2.05) is 36.9 Å². The Morgan fingerprint density at radius 2 is 2.19 bits per heavy atom. The van der Waals surface area contributed by atoms with Crippen molar-refractivity contribution in [3.63, 3.8) is 0 Å². The molecule has 0 saturated heterocycles. The second kappa shape index (κ2) is 4.45. The number of nitrogens with zero attached hydrogens (tertiary/aromatic N) is 3. The third-order valence-electron chi connectivity index (χ3n) is 2.70. The molecule has 2 heterocycles. The Labute approximate surface area is 94.6 Å². The predicted molar refractivity (Wildman–Crippen MR) is 60.8 cm³/mol. The number of imidazole rings is 1. The van der Waals surface area contributed by atoms with Gasteiger partial charge < -0.3 is 9.67 Å². The van der Waals surface area contributed by atoms with Crippen LogP contribution in [0, 0.1) is 6.92 Å². The Bertz CT molecular complexity index is 479. The van der Waals surface area contributed by atoms with E-state index in [-0.39, 0.29) is 0 Å². The van der Waals surface area contributed by atoms with E-state index in [2.05, 4.69) is 9.97 Å². The van der Waals surface area contributed by atoms with Gasteiger partial charge in [0.25, 0.3) is 0 Å². The first-order valence-corrected chi connectivity index (χ1v) is 5.24. The zero-order valence-electron chi connectivity index (χ0n) is 9.46. The van der Waals surface area contributed by atoms with Crippen molar-refractivity contribution >= 4 is 0 Å². The molecule has 84 valence electrons. The van der Waals surface area contributed by atoms with Crippen molar-refractivity contribution in [2.45, 2.75) is 19.4 Å². The van der Waals surface area contributed by atoms with Crippen molar-refractivity contribution in [1.82, 2.24) is 14.5 Å². The molecule has 2 aromatic rings. The van der Waals surface area contributed by atoms with Crippen LogP contribution in [0.3, 0.4) is 0 Å². The summed E-state index contributed by atoms with van der Waals surface area (Å²) >= 11 is 0. The molecular formula is C12H15N3O. The summed E-state index contributed by atoms with van der Waals surface area (Å²) in [6.45, 7) is 1.90. The number of pyridine rings is 1. The number of aliphatic hydroxyl groups excluding tert-OH is 1. The quantitative estimate of drug-likeness (QED) is 0.845. The van der Waals surface area contributed by atoms with Crippen LogP contribution in [0.2, 0.25) is 0 Å². The standard InChI is InChI=1S/C12H15N3O/c1-9-10(4-3-5-13-9)11(16)8-12-14-6-7-15(12)2/h3-7,11,16H,8H2,1-2H3. The maximum atomic E-state index is 10.1. The minimum absolute atomic E-state index is 0.510. The number of aromatic nitrogens is 3. The fourth-order valence-electron chi connectivity index (χ4n) is 1.72. The van der Waals surface area contributed by atoms with Crippen LogP contribution in [0.1, 0.15) is 23.2 Å². The van der Waals surface area contributed by atoms with Gasteiger partial charge in [0.15, 0.2) is 0 Å². The van der Waals surface area contributed by atoms with E-state index in [1.165, 1.54) is 0 Å². The van der Waals surface area contributed by atoms with E-state index in [0.717, 1.165) is 17.1 Å². The largest absolute Gasteiger partial charge is 0.388 e. The highest BCUT2D eigenvalue weighted by atomic mass is 16.3. The smallest absolute Gasteiger partial charge is 0.111 e. The molecule has 0 spiro atoms. The van der Waals surface area contributed by atoms with Gasteiger partial charge in [-0.1, -0.05) is 6.07 Å². The second-order valence-corrected chi connectivity index (χ2v) is 3.85. The number of aryl methyl sites for hydroxylation is 2. The van der Waals surface area contributed by atoms with Gasteiger partial charge in [-0.2, -0.15) is 0 Å². The Hall–Kier alpha value is -1.68. The van der Waals surface area contributed by atoms with Crippen molar-refractivity contribution in [3.05, 3.63) is 47.8 Å². The van der Waals surface area contributed by atoms with Gasteiger partial charge in [-0.25, -0.2) is 4.98 Å². The molecule has 1 unspecified atom stereocenters. The number of hydrogen-bond donors (Lipinski definition) is 1. The number of aliphatic hydroxyl groups is 1. The molecule has 16 heavy (non-hydrogen) atoms. The molecule has 4 nitrogen and oxygen atoms in total. The SMILES string of the molecule is Cc1ncccc1C(O)Cc1nccn1C. The molecule has 0 aliphatic carbocycles. The summed E-state index contributed by atoms with van der Waals surface area (Å²) in [7, 11) is 1.92. The van der Waals surface area contributed by atoms with Crippen LogP contribution in [-0.4, -0.2) is 19.6 Å². The van der Waals surface area contributed by atoms with Crippen LogP contribution in [0.15, 0.2) is 30.7 Å². The Morgan fingerprint density at radius 3 is 2.81 bits per heavy atom. The molecule has 2 rings (SSSR count). The van der Waals surface area contributed by atoms with E-state index in [9.17, 15) is 5.11 Å². The maximum Gasteiger partial charge on any atom is 0.111 e. The highest BCUT2D eigenvalue weighted by molar-refractivity contribution is 5.21. The van der Waals surface area contributed by atoms with Crippen molar-refractivity contribution in [2.24, 2.45) is 7.05 Å². The molecule has 0 saturated carbocycles. The van der Waals surface area contributed by atoms with Gasteiger partial charge in [0.1, 0.15) is 5.82 Å². The lowest BCUT2D eigenvalue weighted by atomic mass is 10.1. The predicted octanol–water partition coefficient (Wildman–Crippen LogP) is 1.40. The average molecular weight is 217 g/mol. The third kappa shape index (κ3) is 2.12. The Kier molecular flexibility index (Phi) is 3.01. The minimum Gasteiger partial charge on any atom is -0.388 e. The molecule has 1 atom stereocenters. The molecule has 4 heteroatoms. The van der Waals surface area contributed by atoms with Crippen molar-refractivity contribution in [3.8, 4) is 0 Å². The summed E-state index contributed by atoms with van der Waals surface area (Å²) in [4.78, 5) is 8.36. The average Bonchev–Trinajstić information content (AvgIpc) is 2.65. The van der Waals surface area contributed by atoms with E-state index < -0.39 is 6.10 Å². The van der Waals surface area contributed by atoms with Crippen LogP contribution in [-0.2, 0) is 13.5 Å². The zero-order valence-corrected chi connectivity index (χ0v) is 9.46. The first kappa shape index (κ1) is 10.8. The van der Waals surface area contributed by atoms with Gasteiger partial charge in [0.2, 0.25) is 0 Å². The molecule has 0 aliphatic heterocycles. The summed E-state index contributed by atoms with van der Waals surface area (Å²) < 4.78 is 1.91. The second-order valence-electron chi connectivity index (χ2n) is 3.85. The van der Waals surface area contributed by atoms with E-state index >= 15 is 0 Å².